The number of pyridine rings is 1. The molecule has 1 heterocycles. The first-order chi connectivity index (χ1) is 19.0. The molecule has 8 heteroatoms. The number of rotatable bonds is 20. The summed E-state index contributed by atoms with van der Waals surface area (Å²) in [5.74, 6) is 2.30. The molecule has 1 aromatic rings. The third-order valence-electron chi connectivity index (χ3n) is 6.47. The quantitative estimate of drug-likeness (QED) is 0.191. The lowest BCUT2D eigenvalue weighted by Gasteiger charge is -2.36. The van der Waals surface area contributed by atoms with E-state index in [2.05, 4.69) is 38.0 Å². The van der Waals surface area contributed by atoms with Crippen LogP contribution >= 0.6 is 0 Å². The number of unbranched alkanes of at least 4 members (excludes halogenated alkanes) is 1. The lowest BCUT2D eigenvalue weighted by Crippen LogP contribution is -2.49. The first-order valence-electron chi connectivity index (χ1n) is 15.2. The molecule has 8 nitrogen and oxygen atoms in total. The third kappa shape index (κ3) is 17.6. The number of hydrogen-bond acceptors (Lipinski definition) is 8. The second kappa shape index (κ2) is 20.8. The minimum absolute atomic E-state index is 0.0124. The SMILES string of the molecule is CC(C)CCCCOCCCOCC(=O)C(C)C.CC(C)NC1CC(Oc2ccc(OCC(=O)C(C)C)cn2)C1. The molecule has 0 aromatic carbocycles. The van der Waals surface area contributed by atoms with E-state index >= 15 is 0 Å². The molecule has 0 radical (unpaired) electrons. The van der Waals surface area contributed by atoms with Gasteiger partial charge in [0, 0.05) is 49.8 Å². The van der Waals surface area contributed by atoms with Gasteiger partial charge in [0.1, 0.15) is 25.1 Å². The topological polar surface area (TPSA) is 96.0 Å². The zero-order valence-corrected chi connectivity index (χ0v) is 26.4. The molecule has 0 unspecified atom stereocenters. The van der Waals surface area contributed by atoms with Crippen LogP contribution in [0.3, 0.4) is 0 Å². The molecule has 230 valence electrons. The van der Waals surface area contributed by atoms with Gasteiger partial charge in [-0.3, -0.25) is 9.59 Å². The van der Waals surface area contributed by atoms with E-state index in [4.69, 9.17) is 18.9 Å². The third-order valence-corrected chi connectivity index (χ3v) is 6.47. The minimum atomic E-state index is -0.0124. The van der Waals surface area contributed by atoms with Gasteiger partial charge in [0.05, 0.1) is 6.20 Å². The van der Waals surface area contributed by atoms with E-state index in [9.17, 15) is 9.59 Å². The zero-order chi connectivity index (χ0) is 29.9. The molecule has 1 aliphatic carbocycles. The Labute approximate surface area is 243 Å². The van der Waals surface area contributed by atoms with Crippen molar-refractivity contribution in [1.29, 1.82) is 0 Å². The first-order valence-corrected chi connectivity index (χ1v) is 15.2. The smallest absolute Gasteiger partial charge is 0.213 e. The summed E-state index contributed by atoms with van der Waals surface area (Å²) in [4.78, 5) is 27.0. The van der Waals surface area contributed by atoms with E-state index in [1.807, 2.05) is 27.7 Å². The summed E-state index contributed by atoms with van der Waals surface area (Å²) in [5.41, 5.74) is 0. The summed E-state index contributed by atoms with van der Waals surface area (Å²) >= 11 is 0. The van der Waals surface area contributed by atoms with Gasteiger partial charge in [-0.1, -0.05) is 68.2 Å². The summed E-state index contributed by atoms with van der Waals surface area (Å²) in [7, 11) is 0. The van der Waals surface area contributed by atoms with Crippen LogP contribution in [0.4, 0.5) is 0 Å². The molecule has 0 saturated heterocycles. The van der Waals surface area contributed by atoms with E-state index in [-0.39, 0.29) is 42.7 Å². The first kappa shape index (κ1) is 36.0. The number of ketones is 2. The molecular formula is C32H56N2O6. The Morgan fingerprint density at radius 3 is 2.05 bits per heavy atom. The lowest BCUT2D eigenvalue weighted by molar-refractivity contribution is -0.126. The molecule has 1 N–H and O–H groups in total. The van der Waals surface area contributed by atoms with Crippen molar-refractivity contribution in [1.82, 2.24) is 10.3 Å². The largest absolute Gasteiger partial charge is 0.484 e. The maximum Gasteiger partial charge on any atom is 0.213 e. The number of carbonyl (C=O) groups excluding carboxylic acids is 2. The summed E-state index contributed by atoms with van der Waals surface area (Å²) in [6.45, 7) is 18.8. The molecule has 0 aliphatic heterocycles. The van der Waals surface area contributed by atoms with Crippen molar-refractivity contribution in [3.05, 3.63) is 18.3 Å². The molecule has 0 spiro atoms. The van der Waals surface area contributed by atoms with Crippen LogP contribution in [0, 0.1) is 17.8 Å². The molecule has 0 bridgehead atoms. The van der Waals surface area contributed by atoms with Crippen molar-refractivity contribution >= 4 is 11.6 Å². The molecule has 40 heavy (non-hydrogen) atoms. The van der Waals surface area contributed by atoms with Crippen LogP contribution in [-0.2, 0) is 19.1 Å². The van der Waals surface area contributed by atoms with Crippen LogP contribution in [0.15, 0.2) is 18.3 Å². The van der Waals surface area contributed by atoms with E-state index < -0.39 is 0 Å². The Morgan fingerprint density at radius 1 is 0.850 bits per heavy atom. The molecule has 1 fully saturated rings. The fraction of sp³-hybridized carbons (Fsp3) is 0.781. The van der Waals surface area contributed by atoms with Crippen molar-refractivity contribution in [2.45, 2.75) is 112 Å². The fourth-order valence-corrected chi connectivity index (χ4v) is 3.74. The van der Waals surface area contributed by atoms with Crippen molar-refractivity contribution in [2.24, 2.45) is 17.8 Å². The maximum absolute atomic E-state index is 11.5. The van der Waals surface area contributed by atoms with Crippen LogP contribution in [0.2, 0.25) is 0 Å². The Hall–Kier alpha value is -2.03. The van der Waals surface area contributed by atoms with Gasteiger partial charge in [0.15, 0.2) is 11.6 Å². The summed E-state index contributed by atoms with van der Waals surface area (Å²) in [5, 5.41) is 3.49. The van der Waals surface area contributed by atoms with Crippen molar-refractivity contribution < 1.29 is 28.5 Å². The van der Waals surface area contributed by atoms with Crippen LogP contribution in [0.5, 0.6) is 11.6 Å². The average Bonchev–Trinajstić information content (AvgIpc) is 2.87. The molecule has 1 aromatic heterocycles. The van der Waals surface area contributed by atoms with Gasteiger partial charge in [0.25, 0.3) is 0 Å². The predicted molar refractivity (Wildman–Crippen MR) is 160 cm³/mol. The molecule has 0 atom stereocenters. The highest BCUT2D eigenvalue weighted by Gasteiger charge is 2.31. The van der Waals surface area contributed by atoms with Crippen molar-refractivity contribution in [3.63, 3.8) is 0 Å². The van der Waals surface area contributed by atoms with Gasteiger partial charge >= 0.3 is 0 Å². The number of ether oxygens (including phenoxy) is 4. The van der Waals surface area contributed by atoms with Gasteiger partial charge in [-0.15, -0.1) is 0 Å². The van der Waals surface area contributed by atoms with Crippen LogP contribution < -0.4 is 14.8 Å². The Balaban J connectivity index is 0.000000410. The normalized spacial score (nSPS) is 16.6. The van der Waals surface area contributed by atoms with Crippen molar-refractivity contribution in [2.75, 3.05) is 33.0 Å². The second-order valence-electron chi connectivity index (χ2n) is 12.0. The standard InChI is InChI=1S/C17H26N2O3.C15H30O3/c1-11(2)16(20)10-21-14-5-6-17(18-9-14)22-15-7-13(8-15)19-12(3)4;1-13(2)8-5-6-9-17-10-7-11-18-12-15(16)14(3)4/h5-6,9,11-13,15,19H,7-8,10H2,1-4H3;13-14H,5-12H2,1-4H3. The second-order valence-corrected chi connectivity index (χ2v) is 12.0. The molecule has 2 rings (SSSR count). The highest BCUT2D eigenvalue weighted by atomic mass is 16.5. The highest BCUT2D eigenvalue weighted by Crippen LogP contribution is 2.26. The summed E-state index contributed by atoms with van der Waals surface area (Å²) in [6, 6.07) is 4.64. The van der Waals surface area contributed by atoms with Gasteiger partial charge in [-0.25, -0.2) is 4.98 Å². The van der Waals surface area contributed by atoms with Crippen LogP contribution in [0.25, 0.3) is 0 Å². The lowest BCUT2D eigenvalue weighted by atomic mass is 9.89. The Bertz CT molecular complexity index is 804. The summed E-state index contributed by atoms with van der Waals surface area (Å²) < 4.78 is 22.0. The summed E-state index contributed by atoms with van der Waals surface area (Å²) in [6.07, 6.45) is 8.41. The average molecular weight is 565 g/mol. The number of carbonyl (C=O) groups is 2. The molecule has 0 amide bonds. The minimum Gasteiger partial charge on any atom is -0.484 e. The predicted octanol–water partition coefficient (Wildman–Crippen LogP) is 6.05. The highest BCUT2D eigenvalue weighted by molar-refractivity contribution is 5.82. The number of nitrogens with zero attached hydrogens (tertiary/aromatic N) is 1. The van der Waals surface area contributed by atoms with E-state index in [0.29, 0.717) is 30.3 Å². The van der Waals surface area contributed by atoms with Gasteiger partial charge in [-0.2, -0.15) is 0 Å². The number of aromatic nitrogens is 1. The van der Waals surface area contributed by atoms with Gasteiger partial charge < -0.3 is 24.3 Å². The molecular weight excluding hydrogens is 508 g/mol. The van der Waals surface area contributed by atoms with E-state index in [1.165, 1.54) is 12.8 Å². The molecule has 1 aliphatic rings. The monoisotopic (exact) mass is 564 g/mol. The Kier molecular flexibility index (Phi) is 18.7. The number of Topliss-reactive ketones (excluding diaryl/α,β-unsaturated/α-hetero) is 2. The van der Waals surface area contributed by atoms with Crippen molar-refractivity contribution in [3.8, 4) is 11.6 Å². The van der Waals surface area contributed by atoms with Crippen LogP contribution in [-0.4, -0.2) is 67.8 Å². The molecule has 1 saturated carbocycles. The maximum atomic E-state index is 11.5. The van der Waals surface area contributed by atoms with Gasteiger partial charge in [0.2, 0.25) is 5.88 Å². The Morgan fingerprint density at radius 2 is 1.48 bits per heavy atom. The van der Waals surface area contributed by atoms with E-state index in [0.717, 1.165) is 44.8 Å². The van der Waals surface area contributed by atoms with Gasteiger partial charge in [-0.05, 0) is 37.7 Å². The number of hydrogen-bond donors (Lipinski definition) is 1. The fourth-order valence-electron chi connectivity index (χ4n) is 3.74. The number of nitrogens with one attached hydrogen (secondary N) is 1. The van der Waals surface area contributed by atoms with Crippen LogP contribution in [0.1, 0.15) is 93.9 Å². The van der Waals surface area contributed by atoms with E-state index in [1.54, 1.807) is 18.3 Å². The zero-order valence-electron chi connectivity index (χ0n) is 26.4.